The van der Waals surface area contributed by atoms with Gasteiger partial charge in [-0.25, -0.2) is 9.07 Å². The summed E-state index contributed by atoms with van der Waals surface area (Å²) in [6.07, 6.45) is 4.35. The van der Waals surface area contributed by atoms with Gasteiger partial charge in [-0.15, -0.1) is 0 Å². The summed E-state index contributed by atoms with van der Waals surface area (Å²) in [5.41, 5.74) is 2.10. The lowest BCUT2D eigenvalue weighted by Gasteiger charge is -2.11. The van der Waals surface area contributed by atoms with Crippen LogP contribution < -0.4 is 5.32 Å². The molecule has 23 heavy (non-hydrogen) atoms. The molecule has 3 rings (SSSR count). The highest BCUT2D eigenvalue weighted by atomic mass is 19.1. The summed E-state index contributed by atoms with van der Waals surface area (Å²) in [5, 5.41) is 7.20. The van der Waals surface area contributed by atoms with E-state index >= 15 is 0 Å². The van der Waals surface area contributed by atoms with Crippen LogP contribution in [0.15, 0.2) is 30.5 Å². The Labute approximate surface area is 134 Å². The summed E-state index contributed by atoms with van der Waals surface area (Å²) in [5.74, 6) is -0.445. The minimum Gasteiger partial charge on any atom is -0.376 e. The topological polar surface area (TPSA) is 56.1 Å². The Morgan fingerprint density at radius 3 is 2.87 bits per heavy atom. The molecular formula is C17H20FN3O2. The predicted molar refractivity (Wildman–Crippen MR) is 84.2 cm³/mol. The van der Waals surface area contributed by atoms with E-state index in [0.29, 0.717) is 18.5 Å². The van der Waals surface area contributed by atoms with Crippen molar-refractivity contribution in [2.75, 3.05) is 13.2 Å². The minimum atomic E-state index is -0.298. The van der Waals surface area contributed by atoms with Gasteiger partial charge < -0.3 is 10.1 Å². The fourth-order valence-electron chi connectivity index (χ4n) is 2.82. The van der Waals surface area contributed by atoms with Crippen LogP contribution >= 0.6 is 0 Å². The van der Waals surface area contributed by atoms with Gasteiger partial charge in [-0.05, 0) is 43.5 Å². The van der Waals surface area contributed by atoms with E-state index in [0.717, 1.165) is 30.8 Å². The van der Waals surface area contributed by atoms with Crippen LogP contribution in [-0.4, -0.2) is 34.9 Å². The Bertz CT molecular complexity index is 676. The third-order valence-corrected chi connectivity index (χ3v) is 4.03. The first-order valence-corrected chi connectivity index (χ1v) is 7.91. The molecule has 0 spiro atoms. The van der Waals surface area contributed by atoms with Crippen LogP contribution in [0.2, 0.25) is 0 Å². The van der Waals surface area contributed by atoms with Crippen molar-refractivity contribution in [3.63, 3.8) is 0 Å². The third kappa shape index (κ3) is 3.42. The zero-order valence-electron chi connectivity index (χ0n) is 13.1. The van der Waals surface area contributed by atoms with Crippen LogP contribution in [0.5, 0.6) is 0 Å². The van der Waals surface area contributed by atoms with Gasteiger partial charge in [-0.1, -0.05) is 6.92 Å². The smallest absolute Gasteiger partial charge is 0.254 e. The average Bonchev–Trinajstić information content (AvgIpc) is 3.22. The number of nitrogens with one attached hydrogen (secondary N) is 1. The van der Waals surface area contributed by atoms with Crippen molar-refractivity contribution in [1.29, 1.82) is 0 Å². The van der Waals surface area contributed by atoms with Gasteiger partial charge in [0.1, 0.15) is 5.82 Å². The van der Waals surface area contributed by atoms with Crippen molar-refractivity contribution < 1.29 is 13.9 Å². The number of rotatable bonds is 5. The number of hydrogen-bond donors (Lipinski definition) is 1. The molecule has 0 bridgehead atoms. The molecule has 1 atom stereocenters. The first kappa shape index (κ1) is 15.7. The molecule has 1 amide bonds. The molecule has 0 aliphatic carbocycles. The molecule has 1 aromatic carbocycles. The maximum Gasteiger partial charge on any atom is 0.254 e. The summed E-state index contributed by atoms with van der Waals surface area (Å²) in [4.78, 5) is 12.4. The van der Waals surface area contributed by atoms with Gasteiger partial charge in [0, 0.05) is 13.2 Å². The first-order valence-electron chi connectivity index (χ1n) is 7.91. The van der Waals surface area contributed by atoms with Crippen LogP contribution in [-0.2, 0) is 11.2 Å². The molecule has 0 unspecified atom stereocenters. The maximum absolute atomic E-state index is 13.1. The fraction of sp³-hybridized carbons (Fsp3) is 0.412. The number of carbonyl (C=O) groups excluding carboxylic acids is 1. The predicted octanol–water partition coefficient (Wildman–Crippen LogP) is 2.48. The Morgan fingerprint density at radius 1 is 1.43 bits per heavy atom. The van der Waals surface area contributed by atoms with Crippen LogP contribution in [0.3, 0.4) is 0 Å². The number of halogens is 1. The van der Waals surface area contributed by atoms with Crippen molar-refractivity contribution in [3.05, 3.63) is 47.5 Å². The van der Waals surface area contributed by atoms with E-state index in [9.17, 15) is 9.18 Å². The molecular weight excluding hydrogens is 297 g/mol. The second kappa shape index (κ2) is 6.91. The van der Waals surface area contributed by atoms with Crippen molar-refractivity contribution in [2.24, 2.45) is 0 Å². The summed E-state index contributed by atoms with van der Waals surface area (Å²) < 4.78 is 20.3. The number of hydrogen-bond acceptors (Lipinski definition) is 3. The molecule has 1 N–H and O–H groups in total. The quantitative estimate of drug-likeness (QED) is 0.922. The third-order valence-electron chi connectivity index (χ3n) is 4.03. The molecule has 2 aromatic rings. The van der Waals surface area contributed by atoms with Crippen molar-refractivity contribution in [3.8, 4) is 5.69 Å². The van der Waals surface area contributed by atoms with Gasteiger partial charge in [-0.2, -0.15) is 5.10 Å². The van der Waals surface area contributed by atoms with Gasteiger partial charge in [0.15, 0.2) is 0 Å². The van der Waals surface area contributed by atoms with Crippen LogP contribution in [0.1, 0.15) is 35.8 Å². The number of carbonyl (C=O) groups is 1. The highest BCUT2D eigenvalue weighted by molar-refractivity contribution is 5.95. The molecule has 1 saturated heterocycles. The second-order valence-corrected chi connectivity index (χ2v) is 5.59. The Morgan fingerprint density at radius 2 is 2.22 bits per heavy atom. The number of aromatic nitrogens is 2. The molecule has 1 aromatic heterocycles. The summed E-state index contributed by atoms with van der Waals surface area (Å²) >= 11 is 0. The lowest BCUT2D eigenvalue weighted by molar-refractivity contribution is 0.0857. The minimum absolute atomic E-state index is 0.108. The summed E-state index contributed by atoms with van der Waals surface area (Å²) in [7, 11) is 0. The summed E-state index contributed by atoms with van der Waals surface area (Å²) in [6.45, 7) is 3.25. The maximum atomic E-state index is 13.1. The van der Waals surface area contributed by atoms with E-state index in [4.69, 9.17) is 4.74 Å². The van der Waals surface area contributed by atoms with Crippen LogP contribution in [0, 0.1) is 5.82 Å². The van der Waals surface area contributed by atoms with Crippen molar-refractivity contribution >= 4 is 5.91 Å². The van der Waals surface area contributed by atoms with Crippen molar-refractivity contribution in [1.82, 2.24) is 15.1 Å². The van der Waals surface area contributed by atoms with Gasteiger partial charge >= 0.3 is 0 Å². The molecule has 1 fully saturated rings. The van der Waals surface area contributed by atoms with Gasteiger partial charge in [0.2, 0.25) is 0 Å². The van der Waals surface area contributed by atoms with Gasteiger partial charge in [0.25, 0.3) is 5.91 Å². The molecule has 1 aliphatic heterocycles. The standard InChI is InChI=1S/C17H20FN3O2/c1-2-16-15(17(22)19-10-14-4-3-9-23-14)11-20-21(16)13-7-5-12(18)6-8-13/h5-8,11,14H,2-4,9-10H2,1H3,(H,19,22)/t14-/m1/s1. The molecule has 122 valence electrons. The largest absolute Gasteiger partial charge is 0.376 e. The van der Waals surface area contributed by atoms with E-state index in [1.54, 1.807) is 23.0 Å². The van der Waals surface area contributed by atoms with E-state index in [-0.39, 0.29) is 17.8 Å². The highest BCUT2D eigenvalue weighted by Crippen LogP contribution is 2.17. The molecule has 0 saturated carbocycles. The lowest BCUT2D eigenvalue weighted by Crippen LogP contribution is -2.32. The molecule has 2 heterocycles. The SMILES string of the molecule is CCc1c(C(=O)NC[C@H]2CCCO2)cnn1-c1ccc(F)cc1. The Balaban J connectivity index is 1.77. The number of nitrogens with zero attached hydrogens (tertiary/aromatic N) is 2. The van der Waals surface area contributed by atoms with E-state index in [1.165, 1.54) is 12.1 Å². The number of amides is 1. The lowest BCUT2D eigenvalue weighted by atomic mass is 10.1. The Hall–Kier alpha value is -2.21. The first-order chi connectivity index (χ1) is 11.2. The number of benzene rings is 1. The zero-order valence-corrected chi connectivity index (χ0v) is 13.1. The fourth-order valence-corrected chi connectivity index (χ4v) is 2.82. The average molecular weight is 317 g/mol. The molecule has 0 radical (unpaired) electrons. The Kier molecular flexibility index (Phi) is 4.71. The van der Waals surface area contributed by atoms with Crippen LogP contribution in [0.25, 0.3) is 5.69 Å². The van der Waals surface area contributed by atoms with Gasteiger partial charge in [0.05, 0.1) is 29.2 Å². The highest BCUT2D eigenvalue weighted by Gasteiger charge is 2.20. The molecule has 6 heteroatoms. The van der Waals surface area contributed by atoms with E-state index in [1.807, 2.05) is 6.92 Å². The molecule has 5 nitrogen and oxygen atoms in total. The summed E-state index contributed by atoms with van der Waals surface area (Å²) in [6, 6.07) is 6.06. The number of ether oxygens (including phenoxy) is 1. The monoisotopic (exact) mass is 317 g/mol. The van der Waals surface area contributed by atoms with Crippen LogP contribution in [0.4, 0.5) is 4.39 Å². The second-order valence-electron chi connectivity index (χ2n) is 5.59. The van der Waals surface area contributed by atoms with Crippen molar-refractivity contribution in [2.45, 2.75) is 32.3 Å². The molecule has 1 aliphatic rings. The zero-order chi connectivity index (χ0) is 16.2. The van der Waals surface area contributed by atoms with E-state index in [2.05, 4.69) is 10.4 Å². The normalized spacial score (nSPS) is 17.4. The van der Waals surface area contributed by atoms with E-state index < -0.39 is 0 Å². The van der Waals surface area contributed by atoms with Gasteiger partial charge in [-0.3, -0.25) is 4.79 Å².